The molecule has 0 heterocycles. The van der Waals surface area contributed by atoms with Gasteiger partial charge in [-0.3, -0.25) is 0 Å². The maximum Gasteiger partial charge on any atom is 0.0540 e. The van der Waals surface area contributed by atoms with E-state index in [-0.39, 0.29) is 0 Å². The van der Waals surface area contributed by atoms with E-state index < -0.39 is 0 Å². The van der Waals surface area contributed by atoms with Crippen LogP contribution >= 0.6 is 0 Å². The third kappa shape index (κ3) is 6.94. The summed E-state index contributed by atoms with van der Waals surface area (Å²) in [4.78, 5) is 4.69. The first kappa shape index (κ1) is 36.8. The van der Waals surface area contributed by atoms with Gasteiger partial charge in [0.1, 0.15) is 0 Å². The van der Waals surface area contributed by atoms with Crippen LogP contribution in [-0.2, 0) is 0 Å². The molecule has 1 aliphatic carbocycles. The summed E-state index contributed by atoms with van der Waals surface area (Å²) in [6, 6.07) is 87.3. The minimum atomic E-state index is 1.11. The molecule has 292 valence electrons. The van der Waals surface area contributed by atoms with E-state index in [0.29, 0.717) is 0 Å². The van der Waals surface area contributed by atoms with Crippen LogP contribution in [0.5, 0.6) is 0 Å². The lowest BCUT2D eigenvalue weighted by Crippen LogP contribution is -2.10. The van der Waals surface area contributed by atoms with Crippen molar-refractivity contribution >= 4 is 57.0 Å². The maximum atomic E-state index is 2.41. The topological polar surface area (TPSA) is 6.48 Å². The number of hydrogen-bond donors (Lipinski definition) is 0. The van der Waals surface area contributed by atoms with E-state index in [2.05, 4.69) is 265 Å². The van der Waals surface area contributed by atoms with E-state index in [4.69, 9.17) is 0 Å². The number of fused-ring (bicyclic) bond motifs is 3. The quantitative estimate of drug-likeness (QED) is 0.127. The van der Waals surface area contributed by atoms with Crippen LogP contribution in [0.15, 0.2) is 243 Å². The van der Waals surface area contributed by atoms with Crippen LogP contribution in [-0.4, -0.2) is 0 Å². The number of nitrogens with zero attached hydrogens (tertiary/aromatic N) is 2. The van der Waals surface area contributed by atoms with Gasteiger partial charge in [-0.25, -0.2) is 0 Å². The van der Waals surface area contributed by atoms with Crippen LogP contribution in [0.1, 0.15) is 11.1 Å². The van der Waals surface area contributed by atoms with Gasteiger partial charge >= 0.3 is 0 Å². The second kappa shape index (κ2) is 16.1. The van der Waals surface area contributed by atoms with Crippen molar-refractivity contribution in [3.63, 3.8) is 0 Å². The van der Waals surface area contributed by atoms with E-state index >= 15 is 0 Å². The molecule has 0 saturated carbocycles. The first-order chi connectivity index (χ1) is 30.7. The molecule has 0 N–H and O–H groups in total. The Bertz CT molecular complexity index is 3100. The van der Waals surface area contributed by atoms with E-state index in [1.807, 2.05) is 0 Å². The van der Waals surface area contributed by atoms with Crippen molar-refractivity contribution in [3.8, 4) is 44.5 Å². The molecule has 11 rings (SSSR count). The minimum absolute atomic E-state index is 1.11. The van der Waals surface area contributed by atoms with Gasteiger partial charge in [0.25, 0.3) is 0 Å². The van der Waals surface area contributed by atoms with Crippen LogP contribution < -0.4 is 9.80 Å². The Balaban J connectivity index is 0.872. The molecule has 2 nitrogen and oxygen atoms in total. The largest absolute Gasteiger partial charge is 0.311 e. The van der Waals surface area contributed by atoms with Crippen LogP contribution in [0.2, 0.25) is 0 Å². The highest BCUT2D eigenvalue weighted by Gasteiger charge is 2.24. The van der Waals surface area contributed by atoms with E-state index in [0.717, 1.165) is 45.3 Å². The lowest BCUT2D eigenvalue weighted by molar-refractivity contribution is 1.28. The van der Waals surface area contributed by atoms with Crippen LogP contribution in [0.4, 0.5) is 34.1 Å². The monoisotopic (exact) mass is 790 g/mol. The molecule has 1 aliphatic rings. The highest BCUT2D eigenvalue weighted by atomic mass is 15.1. The molecule has 0 fully saturated rings. The molecule has 0 bridgehead atoms. The van der Waals surface area contributed by atoms with Crippen molar-refractivity contribution < 1.29 is 0 Å². The lowest BCUT2D eigenvalue weighted by atomic mass is 9.99. The van der Waals surface area contributed by atoms with Gasteiger partial charge in [0, 0.05) is 33.8 Å². The summed E-state index contributed by atoms with van der Waals surface area (Å²) >= 11 is 0. The SMILES string of the molecule is C(=C\c1ccc(N(c2ccccc2)c2ccccc2)cc1)/c1ccc(-c2ccc(N(c3ccc(-c4ccccc4)cc3)c3ccc4c5c(cccc35)-c3ccccc3-4)cc2)cc1. The summed E-state index contributed by atoms with van der Waals surface area (Å²) in [5.41, 5.74) is 19.1. The van der Waals surface area contributed by atoms with Gasteiger partial charge in [0.15, 0.2) is 0 Å². The minimum Gasteiger partial charge on any atom is -0.311 e. The summed E-state index contributed by atoms with van der Waals surface area (Å²) in [6.07, 6.45) is 4.37. The lowest BCUT2D eigenvalue weighted by Gasteiger charge is -2.27. The van der Waals surface area contributed by atoms with Crippen LogP contribution in [0.3, 0.4) is 0 Å². The average molecular weight is 791 g/mol. The average Bonchev–Trinajstić information content (AvgIpc) is 3.68. The third-order valence-electron chi connectivity index (χ3n) is 12.0. The summed E-state index contributed by atoms with van der Waals surface area (Å²) in [6.45, 7) is 0. The second-order valence-electron chi connectivity index (χ2n) is 15.8. The van der Waals surface area contributed by atoms with Crippen molar-refractivity contribution in [3.05, 3.63) is 254 Å². The fraction of sp³-hybridized carbons (Fsp3) is 0. The molecule has 10 aromatic carbocycles. The predicted molar refractivity (Wildman–Crippen MR) is 264 cm³/mol. The Hall–Kier alpha value is -8.20. The molecule has 0 amide bonds. The van der Waals surface area contributed by atoms with Gasteiger partial charge in [-0.1, -0.05) is 188 Å². The highest BCUT2D eigenvalue weighted by Crippen LogP contribution is 2.51. The Morgan fingerprint density at radius 2 is 0.613 bits per heavy atom. The molecule has 0 spiro atoms. The highest BCUT2D eigenvalue weighted by molar-refractivity contribution is 6.19. The van der Waals surface area contributed by atoms with Gasteiger partial charge in [0.2, 0.25) is 0 Å². The van der Waals surface area contributed by atoms with Gasteiger partial charge < -0.3 is 9.80 Å². The molecule has 0 aliphatic heterocycles. The second-order valence-corrected chi connectivity index (χ2v) is 15.8. The van der Waals surface area contributed by atoms with Crippen LogP contribution in [0, 0.1) is 0 Å². The Morgan fingerprint density at radius 3 is 1.15 bits per heavy atom. The molecule has 0 saturated heterocycles. The number of anilines is 6. The molecule has 0 radical (unpaired) electrons. The maximum absolute atomic E-state index is 2.41. The summed E-state index contributed by atoms with van der Waals surface area (Å²) < 4.78 is 0. The van der Waals surface area contributed by atoms with Crippen LogP contribution in [0.25, 0.3) is 67.4 Å². The number of para-hydroxylation sites is 2. The molecular formula is C60H42N2. The van der Waals surface area contributed by atoms with E-state index in [1.165, 1.54) is 55.3 Å². The molecule has 2 heteroatoms. The summed E-state index contributed by atoms with van der Waals surface area (Å²) in [5.74, 6) is 0. The van der Waals surface area contributed by atoms with Gasteiger partial charge in [-0.05, 0) is 128 Å². The molecule has 62 heavy (non-hydrogen) atoms. The van der Waals surface area contributed by atoms with Gasteiger partial charge in [0.05, 0.1) is 5.69 Å². The molecule has 10 aromatic rings. The zero-order valence-electron chi connectivity index (χ0n) is 34.1. The Morgan fingerprint density at radius 1 is 0.242 bits per heavy atom. The first-order valence-electron chi connectivity index (χ1n) is 21.3. The van der Waals surface area contributed by atoms with Gasteiger partial charge in [-0.2, -0.15) is 0 Å². The fourth-order valence-corrected chi connectivity index (χ4v) is 8.97. The first-order valence-corrected chi connectivity index (χ1v) is 21.3. The number of benzene rings is 10. The summed E-state index contributed by atoms with van der Waals surface area (Å²) in [7, 11) is 0. The van der Waals surface area contributed by atoms with Crippen molar-refractivity contribution in [2.75, 3.05) is 9.80 Å². The summed E-state index contributed by atoms with van der Waals surface area (Å²) in [5, 5.41) is 2.56. The number of hydrogen-bond acceptors (Lipinski definition) is 2. The molecule has 0 atom stereocenters. The smallest absolute Gasteiger partial charge is 0.0540 e. The normalized spacial score (nSPS) is 11.5. The Labute approximate surface area is 363 Å². The van der Waals surface area contributed by atoms with E-state index in [1.54, 1.807) is 0 Å². The van der Waals surface area contributed by atoms with Crippen molar-refractivity contribution in [1.82, 2.24) is 0 Å². The third-order valence-corrected chi connectivity index (χ3v) is 12.0. The zero-order chi connectivity index (χ0) is 41.2. The van der Waals surface area contributed by atoms with Crippen molar-refractivity contribution in [2.24, 2.45) is 0 Å². The Kier molecular flexibility index (Phi) is 9.57. The number of rotatable bonds is 10. The molecule has 0 aromatic heterocycles. The fourth-order valence-electron chi connectivity index (χ4n) is 8.97. The molecular weight excluding hydrogens is 749 g/mol. The van der Waals surface area contributed by atoms with E-state index in [9.17, 15) is 0 Å². The van der Waals surface area contributed by atoms with Gasteiger partial charge in [-0.15, -0.1) is 0 Å². The molecule has 0 unspecified atom stereocenters. The zero-order valence-corrected chi connectivity index (χ0v) is 34.1. The van der Waals surface area contributed by atoms with Crippen molar-refractivity contribution in [2.45, 2.75) is 0 Å². The van der Waals surface area contributed by atoms with Crippen molar-refractivity contribution in [1.29, 1.82) is 0 Å². The predicted octanol–water partition coefficient (Wildman–Crippen LogP) is 16.9. The standard InChI is InChI=1S/C60H42N2/c1-4-13-45(14-5-1)47-31-37-52(38-32-47)62(59-42-41-57-55-20-11-10-19-54(55)56-21-12-22-58(59)60(56)57)53-39-33-48(34-40-53)46-29-25-43(26-30-46)23-24-44-27-35-51(36-28-44)61(49-15-6-2-7-16-49)50-17-8-3-9-18-50/h1-42H/b24-23+.